The number of ether oxygens (including phenoxy) is 2. The standard InChI is InChI=1S/C25H31FN2O3/c1-17(20-8-10-23(26)24(16-20)30-2)27-22-9-7-21(15-22)18-3-5-19(6-4-18)25(29)28-11-13-31-14-12-28/h3-6,8,10,16-17,21-22,27H,7,9,11-15H2,1-2H3/t17-,21?,22-/m0/s1. The van der Waals surface area contributed by atoms with E-state index in [0.717, 1.165) is 30.4 Å². The van der Waals surface area contributed by atoms with Crippen LogP contribution in [0.2, 0.25) is 0 Å². The van der Waals surface area contributed by atoms with E-state index in [9.17, 15) is 9.18 Å². The van der Waals surface area contributed by atoms with Gasteiger partial charge in [0, 0.05) is 30.7 Å². The molecule has 2 aromatic carbocycles. The van der Waals surface area contributed by atoms with Crippen molar-refractivity contribution >= 4 is 5.91 Å². The monoisotopic (exact) mass is 426 g/mol. The average molecular weight is 427 g/mol. The first kappa shape index (κ1) is 21.8. The van der Waals surface area contributed by atoms with Crippen LogP contribution in [0.4, 0.5) is 4.39 Å². The summed E-state index contributed by atoms with van der Waals surface area (Å²) in [5.41, 5.74) is 3.06. The Kier molecular flexibility index (Phi) is 6.88. The van der Waals surface area contributed by atoms with E-state index >= 15 is 0 Å². The third-order valence-corrected chi connectivity index (χ3v) is 6.52. The number of morpholine rings is 1. The summed E-state index contributed by atoms with van der Waals surface area (Å²) in [5.74, 6) is 0.515. The van der Waals surface area contributed by atoms with Gasteiger partial charge in [-0.05, 0) is 67.5 Å². The molecule has 0 radical (unpaired) electrons. The maximum atomic E-state index is 13.7. The molecular weight excluding hydrogens is 395 g/mol. The lowest BCUT2D eigenvalue weighted by molar-refractivity contribution is 0.0303. The van der Waals surface area contributed by atoms with Crippen LogP contribution in [0.1, 0.15) is 59.6 Å². The Labute approximate surface area is 183 Å². The number of nitrogens with one attached hydrogen (secondary N) is 1. The highest BCUT2D eigenvalue weighted by Gasteiger charge is 2.27. The second-order valence-electron chi connectivity index (χ2n) is 8.52. The summed E-state index contributed by atoms with van der Waals surface area (Å²) in [6.45, 7) is 4.65. The van der Waals surface area contributed by atoms with Crippen molar-refractivity contribution in [2.24, 2.45) is 0 Å². The molecule has 31 heavy (non-hydrogen) atoms. The highest BCUT2D eigenvalue weighted by Crippen LogP contribution is 2.36. The zero-order chi connectivity index (χ0) is 21.8. The van der Waals surface area contributed by atoms with Crippen LogP contribution < -0.4 is 10.1 Å². The molecule has 1 saturated carbocycles. The van der Waals surface area contributed by atoms with E-state index < -0.39 is 0 Å². The molecule has 0 aromatic heterocycles. The van der Waals surface area contributed by atoms with Crippen LogP contribution >= 0.6 is 0 Å². The molecule has 1 N–H and O–H groups in total. The van der Waals surface area contributed by atoms with Gasteiger partial charge in [0.2, 0.25) is 0 Å². The number of hydrogen-bond acceptors (Lipinski definition) is 4. The van der Waals surface area contributed by atoms with E-state index in [4.69, 9.17) is 9.47 Å². The van der Waals surface area contributed by atoms with Gasteiger partial charge >= 0.3 is 0 Å². The number of carbonyl (C=O) groups is 1. The largest absolute Gasteiger partial charge is 0.494 e. The quantitative estimate of drug-likeness (QED) is 0.749. The van der Waals surface area contributed by atoms with E-state index in [1.165, 1.54) is 18.7 Å². The summed E-state index contributed by atoms with van der Waals surface area (Å²) in [6, 6.07) is 13.7. The zero-order valence-electron chi connectivity index (χ0n) is 18.3. The van der Waals surface area contributed by atoms with E-state index in [1.54, 1.807) is 6.07 Å². The zero-order valence-corrected chi connectivity index (χ0v) is 18.3. The van der Waals surface area contributed by atoms with Crippen molar-refractivity contribution in [3.63, 3.8) is 0 Å². The van der Waals surface area contributed by atoms with E-state index in [2.05, 4.69) is 24.4 Å². The first-order chi connectivity index (χ1) is 15.0. The Morgan fingerprint density at radius 3 is 2.61 bits per heavy atom. The van der Waals surface area contributed by atoms with Gasteiger partial charge in [-0.3, -0.25) is 4.79 Å². The predicted octanol–water partition coefficient (Wildman–Crippen LogP) is 4.29. The maximum absolute atomic E-state index is 13.7. The number of amides is 1. The number of methoxy groups -OCH3 is 1. The third kappa shape index (κ3) is 5.08. The van der Waals surface area contributed by atoms with E-state index in [-0.39, 0.29) is 23.5 Å². The lowest BCUT2D eigenvalue weighted by Gasteiger charge is -2.27. The molecule has 0 spiro atoms. The Hall–Kier alpha value is -2.44. The first-order valence-corrected chi connectivity index (χ1v) is 11.1. The van der Waals surface area contributed by atoms with Gasteiger partial charge in [-0.2, -0.15) is 0 Å². The second kappa shape index (κ2) is 9.79. The molecule has 0 bridgehead atoms. The van der Waals surface area contributed by atoms with Gasteiger partial charge in [0.15, 0.2) is 11.6 Å². The fourth-order valence-corrected chi connectivity index (χ4v) is 4.68. The highest BCUT2D eigenvalue weighted by molar-refractivity contribution is 5.94. The van der Waals surface area contributed by atoms with Gasteiger partial charge < -0.3 is 19.7 Å². The van der Waals surface area contributed by atoms with Crippen molar-refractivity contribution in [3.8, 4) is 5.75 Å². The average Bonchev–Trinajstić information content (AvgIpc) is 3.28. The molecule has 2 aromatic rings. The first-order valence-electron chi connectivity index (χ1n) is 11.1. The fourth-order valence-electron chi connectivity index (χ4n) is 4.68. The van der Waals surface area contributed by atoms with Crippen molar-refractivity contribution in [1.82, 2.24) is 10.2 Å². The fraction of sp³-hybridized carbons (Fsp3) is 0.480. The molecule has 166 valence electrons. The van der Waals surface area contributed by atoms with Crippen LogP contribution in [-0.4, -0.2) is 50.3 Å². The van der Waals surface area contributed by atoms with Crippen LogP contribution in [-0.2, 0) is 4.74 Å². The molecule has 4 rings (SSSR count). The molecule has 6 heteroatoms. The van der Waals surface area contributed by atoms with Crippen molar-refractivity contribution in [2.75, 3.05) is 33.4 Å². The minimum absolute atomic E-state index is 0.0874. The summed E-state index contributed by atoms with van der Waals surface area (Å²) < 4.78 is 24.1. The minimum Gasteiger partial charge on any atom is -0.494 e. The summed E-state index contributed by atoms with van der Waals surface area (Å²) in [4.78, 5) is 14.5. The predicted molar refractivity (Wildman–Crippen MR) is 118 cm³/mol. The van der Waals surface area contributed by atoms with Crippen LogP contribution in [0.15, 0.2) is 42.5 Å². The Morgan fingerprint density at radius 1 is 1.16 bits per heavy atom. The topological polar surface area (TPSA) is 50.8 Å². The molecule has 1 unspecified atom stereocenters. The van der Waals surface area contributed by atoms with Crippen molar-refractivity contribution in [3.05, 3.63) is 65.0 Å². The Bertz CT molecular complexity index is 896. The molecule has 5 nitrogen and oxygen atoms in total. The van der Waals surface area contributed by atoms with Crippen molar-refractivity contribution < 1.29 is 18.7 Å². The van der Waals surface area contributed by atoms with Gasteiger partial charge in [0.05, 0.1) is 20.3 Å². The van der Waals surface area contributed by atoms with Gasteiger partial charge in [-0.15, -0.1) is 0 Å². The lowest BCUT2D eigenvalue weighted by atomic mass is 9.96. The van der Waals surface area contributed by atoms with Gasteiger partial charge in [-0.1, -0.05) is 18.2 Å². The highest BCUT2D eigenvalue weighted by atomic mass is 19.1. The number of halogens is 1. The van der Waals surface area contributed by atoms with Gasteiger partial charge in [0.25, 0.3) is 5.91 Å². The molecule has 1 aliphatic carbocycles. The SMILES string of the molecule is COc1cc([C@H](C)N[C@H]2CCC(c3ccc(C(=O)N4CCOCC4)cc3)C2)ccc1F. The summed E-state index contributed by atoms with van der Waals surface area (Å²) >= 11 is 0. The number of hydrogen-bond donors (Lipinski definition) is 1. The van der Waals surface area contributed by atoms with Crippen LogP contribution in [0.3, 0.4) is 0 Å². The second-order valence-corrected chi connectivity index (χ2v) is 8.52. The Morgan fingerprint density at radius 2 is 1.90 bits per heavy atom. The summed E-state index contributed by atoms with van der Waals surface area (Å²) in [5, 5.41) is 3.69. The summed E-state index contributed by atoms with van der Waals surface area (Å²) in [6.07, 6.45) is 3.27. The Balaban J connectivity index is 1.33. The summed E-state index contributed by atoms with van der Waals surface area (Å²) in [7, 11) is 1.49. The number of nitrogens with zero attached hydrogens (tertiary/aromatic N) is 1. The molecule has 1 heterocycles. The van der Waals surface area contributed by atoms with E-state index in [0.29, 0.717) is 38.3 Å². The van der Waals surface area contributed by atoms with Gasteiger partial charge in [-0.25, -0.2) is 4.39 Å². The molecule has 1 saturated heterocycles. The third-order valence-electron chi connectivity index (χ3n) is 6.52. The molecule has 2 fully saturated rings. The smallest absolute Gasteiger partial charge is 0.254 e. The van der Waals surface area contributed by atoms with Crippen molar-refractivity contribution in [2.45, 2.75) is 44.2 Å². The molecule has 1 aliphatic heterocycles. The minimum atomic E-state index is -0.338. The lowest BCUT2D eigenvalue weighted by Crippen LogP contribution is -2.40. The number of carbonyl (C=O) groups excluding carboxylic acids is 1. The van der Waals surface area contributed by atoms with Crippen LogP contribution in [0.5, 0.6) is 5.75 Å². The maximum Gasteiger partial charge on any atom is 0.254 e. The van der Waals surface area contributed by atoms with E-state index in [1.807, 2.05) is 23.1 Å². The van der Waals surface area contributed by atoms with Crippen LogP contribution in [0.25, 0.3) is 0 Å². The molecule has 1 amide bonds. The normalized spacial score (nSPS) is 22.4. The molecule has 2 aliphatic rings. The van der Waals surface area contributed by atoms with Crippen LogP contribution in [0, 0.1) is 5.82 Å². The molecule has 3 atom stereocenters. The van der Waals surface area contributed by atoms with Gasteiger partial charge in [0.1, 0.15) is 0 Å². The number of rotatable bonds is 6. The molecular formula is C25H31FN2O3. The van der Waals surface area contributed by atoms with Crippen molar-refractivity contribution in [1.29, 1.82) is 0 Å². The number of benzene rings is 2.